The molecule has 3 rings (SSSR count). The topological polar surface area (TPSA) is 28.2 Å². The van der Waals surface area contributed by atoms with Gasteiger partial charge in [0.15, 0.2) is 0 Å². The molecule has 1 aliphatic heterocycles. The Labute approximate surface area is 124 Å². The molecule has 3 nitrogen and oxygen atoms in total. The van der Waals surface area contributed by atoms with Crippen molar-refractivity contribution in [3.8, 4) is 0 Å². The van der Waals surface area contributed by atoms with Gasteiger partial charge in [-0.3, -0.25) is 4.90 Å². The van der Waals surface area contributed by atoms with Crippen molar-refractivity contribution in [3.05, 3.63) is 45.9 Å². The first-order chi connectivity index (χ1) is 9.83. The van der Waals surface area contributed by atoms with E-state index < -0.39 is 0 Å². The van der Waals surface area contributed by atoms with E-state index in [0.29, 0.717) is 0 Å². The summed E-state index contributed by atoms with van der Waals surface area (Å²) in [5.74, 6) is 0. The highest BCUT2D eigenvalue weighted by molar-refractivity contribution is 7.09. The van der Waals surface area contributed by atoms with E-state index in [0.717, 1.165) is 18.8 Å². The number of hydrogen-bond acceptors (Lipinski definition) is 4. The molecule has 20 heavy (non-hydrogen) atoms. The first kappa shape index (κ1) is 13.6. The molecule has 1 fully saturated rings. The molecule has 0 bridgehead atoms. The van der Waals surface area contributed by atoms with E-state index in [4.69, 9.17) is 0 Å². The molecular weight excluding hydrogens is 266 g/mol. The number of benzene rings is 1. The van der Waals surface area contributed by atoms with E-state index >= 15 is 0 Å². The van der Waals surface area contributed by atoms with Gasteiger partial charge >= 0.3 is 0 Å². The summed E-state index contributed by atoms with van der Waals surface area (Å²) in [6.45, 7) is 6.48. The van der Waals surface area contributed by atoms with Crippen molar-refractivity contribution in [2.45, 2.75) is 32.9 Å². The van der Waals surface area contributed by atoms with Crippen molar-refractivity contribution < 1.29 is 0 Å². The summed E-state index contributed by atoms with van der Waals surface area (Å²) in [6.07, 6.45) is 2.69. The average Bonchev–Trinajstić information content (AvgIpc) is 3.10. The molecule has 4 heteroatoms. The Kier molecular flexibility index (Phi) is 4.33. The van der Waals surface area contributed by atoms with Crippen molar-refractivity contribution in [3.63, 3.8) is 0 Å². The summed E-state index contributed by atoms with van der Waals surface area (Å²) in [7, 11) is 0. The molecule has 0 aliphatic carbocycles. The molecule has 2 heterocycles. The van der Waals surface area contributed by atoms with E-state index in [2.05, 4.69) is 46.4 Å². The molecule has 2 aromatic rings. The number of nitrogens with one attached hydrogen (secondary N) is 1. The van der Waals surface area contributed by atoms with Crippen LogP contribution in [0.5, 0.6) is 0 Å². The van der Waals surface area contributed by atoms with Gasteiger partial charge in [-0.2, -0.15) is 0 Å². The maximum absolute atomic E-state index is 4.30. The predicted octanol–water partition coefficient (Wildman–Crippen LogP) is 3.66. The van der Waals surface area contributed by atoms with Gasteiger partial charge in [0.05, 0.1) is 17.7 Å². The Morgan fingerprint density at radius 1 is 1.25 bits per heavy atom. The number of para-hydroxylation sites is 1. The van der Waals surface area contributed by atoms with Crippen molar-refractivity contribution in [2.75, 3.05) is 18.4 Å². The standard InChI is InChI=1S/C16H21N3S/c1-13-16(20-12-18-13)10-17-15-7-3-2-6-14(15)11-19-8-4-5-9-19/h2-3,6-7,12,17H,4-5,8-11H2,1H3. The lowest BCUT2D eigenvalue weighted by Gasteiger charge is -2.18. The third-order valence-electron chi connectivity index (χ3n) is 3.89. The van der Waals surface area contributed by atoms with Crippen LogP contribution in [0.4, 0.5) is 5.69 Å². The molecule has 0 radical (unpaired) electrons. The molecule has 0 spiro atoms. The van der Waals surface area contributed by atoms with Crippen LogP contribution < -0.4 is 5.32 Å². The monoisotopic (exact) mass is 287 g/mol. The van der Waals surface area contributed by atoms with E-state index in [1.54, 1.807) is 11.3 Å². The largest absolute Gasteiger partial charge is 0.380 e. The Morgan fingerprint density at radius 3 is 2.80 bits per heavy atom. The number of aryl methyl sites for hydroxylation is 1. The minimum atomic E-state index is 0.869. The maximum Gasteiger partial charge on any atom is 0.0798 e. The quantitative estimate of drug-likeness (QED) is 0.909. The van der Waals surface area contributed by atoms with Crippen LogP contribution in [-0.4, -0.2) is 23.0 Å². The average molecular weight is 287 g/mol. The lowest BCUT2D eigenvalue weighted by atomic mass is 10.1. The number of likely N-dealkylation sites (tertiary alicyclic amines) is 1. The fourth-order valence-corrected chi connectivity index (χ4v) is 3.40. The molecular formula is C16H21N3S. The van der Waals surface area contributed by atoms with Crippen LogP contribution in [0.25, 0.3) is 0 Å². The molecule has 1 aromatic heterocycles. The molecule has 1 N–H and O–H groups in total. The first-order valence-electron chi connectivity index (χ1n) is 7.26. The number of aromatic nitrogens is 1. The molecule has 1 aliphatic rings. The zero-order valence-corrected chi connectivity index (χ0v) is 12.7. The van der Waals surface area contributed by atoms with Gasteiger partial charge in [-0.1, -0.05) is 18.2 Å². The number of anilines is 1. The summed E-state index contributed by atoms with van der Waals surface area (Å²) in [5.41, 5.74) is 5.71. The van der Waals surface area contributed by atoms with E-state index in [1.807, 2.05) is 5.51 Å². The van der Waals surface area contributed by atoms with E-state index in [9.17, 15) is 0 Å². The maximum atomic E-state index is 4.30. The minimum Gasteiger partial charge on any atom is -0.380 e. The molecule has 0 unspecified atom stereocenters. The second-order valence-electron chi connectivity index (χ2n) is 5.35. The Bertz CT molecular complexity index is 558. The summed E-state index contributed by atoms with van der Waals surface area (Å²) in [6, 6.07) is 8.66. The second-order valence-corrected chi connectivity index (χ2v) is 6.29. The zero-order valence-electron chi connectivity index (χ0n) is 11.9. The molecule has 1 aromatic carbocycles. The van der Waals surface area contributed by atoms with Gasteiger partial charge in [0, 0.05) is 17.1 Å². The molecule has 0 atom stereocenters. The van der Waals surface area contributed by atoms with Gasteiger partial charge in [-0.25, -0.2) is 4.98 Å². The van der Waals surface area contributed by atoms with Gasteiger partial charge in [0.25, 0.3) is 0 Å². The zero-order chi connectivity index (χ0) is 13.8. The normalized spacial score (nSPS) is 15.7. The molecule has 0 saturated carbocycles. The Hall–Kier alpha value is -1.39. The van der Waals surface area contributed by atoms with E-state index in [1.165, 1.54) is 42.1 Å². The fourth-order valence-electron chi connectivity index (χ4n) is 2.68. The van der Waals surface area contributed by atoms with Crippen molar-refractivity contribution in [1.82, 2.24) is 9.88 Å². The smallest absolute Gasteiger partial charge is 0.0798 e. The van der Waals surface area contributed by atoms with E-state index in [-0.39, 0.29) is 0 Å². The third-order valence-corrected chi connectivity index (χ3v) is 4.83. The second kappa shape index (κ2) is 6.37. The number of rotatable bonds is 5. The van der Waals surface area contributed by atoms with Crippen molar-refractivity contribution in [2.24, 2.45) is 0 Å². The summed E-state index contributed by atoms with van der Waals surface area (Å²) in [4.78, 5) is 8.17. The minimum absolute atomic E-state index is 0.869. The molecule has 1 saturated heterocycles. The highest BCUT2D eigenvalue weighted by Crippen LogP contribution is 2.21. The lowest BCUT2D eigenvalue weighted by Crippen LogP contribution is -2.19. The SMILES string of the molecule is Cc1ncsc1CNc1ccccc1CN1CCCC1. The van der Waals surface area contributed by atoms with Crippen LogP contribution in [0.15, 0.2) is 29.8 Å². The third kappa shape index (κ3) is 3.19. The van der Waals surface area contributed by atoms with Crippen LogP contribution >= 0.6 is 11.3 Å². The van der Waals surface area contributed by atoms with Crippen LogP contribution in [-0.2, 0) is 13.1 Å². The van der Waals surface area contributed by atoms with Gasteiger partial charge < -0.3 is 5.32 Å². The Morgan fingerprint density at radius 2 is 2.05 bits per heavy atom. The highest BCUT2D eigenvalue weighted by Gasteiger charge is 2.13. The van der Waals surface area contributed by atoms with Crippen molar-refractivity contribution in [1.29, 1.82) is 0 Å². The highest BCUT2D eigenvalue weighted by atomic mass is 32.1. The van der Waals surface area contributed by atoms with Crippen LogP contribution in [0, 0.1) is 6.92 Å². The summed E-state index contributed by atoms with van der Waals surface area (Å²) in [5, 5.41) is 3.57. The van der Waals surface area contributed by atoms with Crippen LogP contribution in [0.2, 0.25) is 0 Å². The van der Waals surface area contributed by atoms with Crippen molar-refractivity contribution >= 4 is 17.0 Å². The van der Waals surface area contributed by atoms with Gasteiger partial charge in [0.1, 0.15) is 0 Å². The molecule has 106 valence electrons. The first-order valence-corrected chi connectivity index (χ1v) is 8.14. The molecule has 0 amide bonds. The predicted molar refractivity (Wildman–Crippen MR) is 85.1 cm³/mol. The van der Waals surface area contributed by atoms with Crippen LogP contribution in [0.1, 0.15) is 29.0 Å². The number of nitrogens with zero attached hydrogens (tertiary/aromatic N) is 2. The Balaban J connectivity index is 1.67. The lowest BCUT2D eigenvalue weighted by molar-refractivity contribution is 0.332. The summed E-state index contributed by atoms with van der Waals surface area (Å²) >= 11 is 1.72. The van der Waals surface area contributed by atoms with Gasteiger partial charge in [-0.15, -0.1) is 11.3 Å². The van der Waals surface area contributed by atoms with Crippen LogP contribution in [0.3, 0.4) is 0 Å². The number of hydrogen-bond donors (Lipinski definition) is 1. The van der Waals surface area contributed by atoms with Gasteiger partial charge in [-0.05, 0) is 44.5 Å². The summed E-state index contributed by atoms with van der Waals surface area (Å²) < 4.78 is 0. The van der Waals surface area contributed by atoms with Gasteiger partial charge in [0.2, 0.25) is 0 Å². The fraction of sp³-hybridized carbons (Fsp3) is 0.438. The number of thiazole rings is 1.